The standard InChI is InChI=1S/C27H28F2N6O3Si.C20H24ClFN4O3Si.C7H5FN2/c1-39(2,3)12-11-37-16-34-22-14-31-25(21-13-30-23-8-7-17(28)15-33(21)23)32-26(22)35(27(34)36)20-9-10-38-24-18(20)5-4-6-19(24)29;1-30(2,3)10-9-28-12-25-16-11-23-19(21)24-18(16)26(20(25)27)15-7-8-29-17-13(15)5-4-6-14(17)22;8-6-1-2-7-9-3-4-10(7)5-6/h4-8,13-15,20H,9-12,16H2,1-3H3;4-6,11,15H,7-10,12H2,1-3H3;1-5H. The van der Waals surface area contributed by atoms with Gasteiger partial charge in [-0.2, -0.15) is 4.98 Å². The second-order valence-electron chi connectivity index (χ2n) is 21.5. The Morgan fingerprint density at radius 2 is 1.16 bits per heavy atom. The highest BCUT2D eigenvalue weighted by atomic mass is 35.5. The van der Waals surface area contributed by atoms with Crippen LogP contribution in [0.25, 0.3) is 45.1 Å². The molecule has 0 spiro atoms. The second-order valence-corrected chi connectivity index (χ2v) is 33.1. The lowest BCUT2D eigenvalue weighted by Crippen LogP contribution is -2.32. The topological polar surface area (TPSA) is 177 Å². The summed E-state index contributed by atoms with van der Waals surface area (Å²) in [6, 6.07) is 16.4. The van der Waals surface area contributed by atoms with Gasteiger partial charge in [0, 0.05) is 78.1 Å². The van der Waals surface area contributed by atoms with E-state index in [2.05, 4.69) is 64.2 Å². The molecule has 2 atom stereocenters. The van der Waals surface area contributed by atoms with E-state index in [0.717, 1.165) is 17.7 Å². The second kappa shape index (κ2) is 22.7. The third-order valence-electron chi connectivity index (χ3n) is 13.5. The van der Waals surface area contributed by atoms with Gasteiger partial charge in [-0.05, 0) is 60.1 Å². The van der Waals surface area contributed by atoms with E-state index in [4.69, 9.17) is 35.5 Å². The van der Waals surface area contributed by atoms with Gasteiger partial charge in [-0.3, -0.25) is 22.7 Å². The van der Waals surface area contributed by atoms with Crippen LogP contribution in [0.15, 0.2) is 114 Å². The van der Waals surface area contributed by atoms with Crippen molar-refractivity contribution >= 4 is 61.4 Å². The molecule has 79 heavy (non-hydrogen) atoms. The quantitative estimate of drug-likeness (QED) is 0.0463. The zero-order valence-corrected chi connectivity index (χ0v) is 47.0. The molecule has 12 rings (SSSR count). The van der Waals surface area contributed by atoms with E-state index in [9.17, 15) is 27.2 Å². The Labute approximate surface area is 456 Å². The molecule has 0 bridgehead atoms. The van der Waals surface area contributed by atoms with Gasteiger partial charge in [0.15, 0.2) is 40.3 Å². The normalized spacial score (nSPS) is 15.3. The number of hydrogen-bond donors (Lipinski definition) is 0. The van der Waals surface area contributed by atoms with Gasteiger partial charge in [-0.1, -0.05) is 63.5 Å². The van der Waals surface area contributed by atoms with Crippen LogP contribution in [0.4, 0.5) is 17.6 Å². The van der Waals surface area contributed by atoms with Crippen molar-refractivity contribution in [3.05, 3.63) is 165 Å². The Hall–Kier alpha value is -7.52. The summed E-state index contributed by atoms with van der Waals surface area (Å²) in [6.07, 6.45) is 11.7. The first-order valence-corrected chi connectivity index (χ1v) is 33.4. The number of benzene rings is 2. The van der Waals surface area contributed by atoms with Crippen LogP contribution in [0, 0.1) is 23.3 Å². The van der Waals surface area contributed by atoms with Crippen LogP contribution in [0.1, 0.15) is 36.1 Å². The summed E-state index contributed by atoms with van der Waals surface area (Å²) in [6.45, 7) is 15.4. The molecule has 25 heteroatoms. The number of fused-ring (bicyclic) bond motifs is 6. The van der Waals surface area contributed by atoms with Crippen LogP contribution in [0.3, 0.4) is 0 Å². The molecular weight excluding hydrogens is 1080 g/mol. The molecule has 0 amide bonds. The molecular formula is C54H57ClF4N12O6Si2. The average Bonchev–Trinajstić information content (AvgIpc) is 4.41. The van der Waals surface area contributed by atoms with E-state index < -0.39 is 45.7 Å². The predicted molar refractivity (Wildman–Crippen MR) is 295 cm³/mol. The van der Waals surface area contributed by atoms with Crippen LogP contribution in [0.5, 0.6) is 11.5 Å². The maximum Gasteiger partial charge on any atom is 0.332 e. The number of rotatable bonds is 13. The lowest BCUT2D eigenvalue weighted by molar-refractivity contribution is 0.0867. The van der Waals surface area contributed by atoms with Crippen LogP contribution in [0.2, 0.25) is 56.7 Å². The summed E-state index contributed by atoms with van der Waals surface area (Å²) in [5.41, 5.74) is 4.11. The highest BCUT2D eigenvalue weighted by Crippen LogP contribution is 2.39. The smallest absolute Gasteiger partial charge is 0.332 e. The van der Waals surface area contributed by atoms with Crippen LogP contribution < -0.4 is 20.9 Å². The molecule has 2 aliphatic heterocycles. The summed E-state index contributed by atoms with van der Waals surface area (Å²) >= 11 is 6.04. The van der Waals surface area contributed by atoms with Gasteiger partial charge in [0.1, 0.15) is 53.1 Å². The van der Waals surface area contributed by atoms with E-state index in [1.807, 2.05) is 0 Å². The first-order chi connectivity index (χ1) is 37.8. The predicted octanol–water partition coefficient (Wildman–Crippen LogP) is 10.4. The summed E-state index contributed by atoms with van der Waals surface area (Å²) in [7, 11) is -2.57. The Balaban J connectivity index is 0.000000155. The number of hydrogen-bond acceptors (Lipinski definition) is 12. The summed E-state index contributed by atoms with van der Waals surface area (Å²) in [5.74, 6) is -1.01. The molecule has 0 saturated heterocycles. The molecule has 8 aromatic heterocycles. The van der Waals surface area contributed by atoms with Gasteiger partial charge in [-0.15, -0.1) is 0 Å². The first-order valence-electron chi connectivity index (χ1n) is 25.6. The summed E-state index contributed by atoms with van der Waals surface area (Å²) in [5, 5.41) is 0.0413. The van der Waals surface area contributed by atoms with Crippen molar-refractivity contribution in [3.8, 4) is 23.0 Å². The number of para-hydroxylation sites is 2. The van der Waals surface area contributed by atoms with Crippen LogP contribution >= 0.6 is 11.6 Å². The number of imidazole rings is 4. The van der Waals surface area contributed by atoms with Gasteiger partial charge in [0.05, 0.1) is 43.9 Å². The Morgan fingerprint density at radius 1 is 0.633 bits per heavy atom. The van der Waals surface area contributed by atoms with Crippen LogP contribution in [-0.4, -0.2) is 99.5 Å². The molecule has 412 valence electrons. The zero-order valence-electron chi connectivity index (χ0n) is 44.2. The molecule has 0 fully saturated rings. The van der Waals surface area contributed by atoms with E-state index in [1.54, 1.807) is 79.1 Å². The van der Waals surface area contributed by atoms with Gasteiger partial charge < -0.3 is 23.3 Å². The molecule has 18 nitrogen and oxygen atoms in total. The van der Waals surface area contributed by atoms with Crippen molar-refractivity contribution in [2.24, 2.45) is 0 Å². The minimum Gasteiger partial charge on any atom is -0.490 e. The number of aromatic nitrogens is 12. The summed E-state index contributed by atoms with van der Waals surface area (Å²) in [4.78, 5) is 53.2. The van der Waals surface area contributed by atoms with Crippen molar-refractivity contribution in [2.45, 2.75) is 89.8 Å². The molecule has 2 unspecified atom stereocenters. The molecule has 2 aliphatic rings. The number of halogens is 5. The fraction of sp³-hybridized carbons (Fsp3) is 0.333. The van der Waals surface area contributed by atoms with Crippen molar-refractivity contribution in [2.75, 3.05) is 26.4 Å². The Morgan fingerprint density at radius 3 is 1.73 bits per heavy atom. The first kappa shape index (κ1) is 54.8. The molecule has 0 radical (unpaired) electrons. The van der Waals surface area contributed by atoms with E-state index in [-0.39, 0.29) is 59.9 Å². The van der Waals surface area contributed by atoms with Gasteiger partial charge in [-0.25, -0.2) is 52.1 Å². The highest BCUT2D eigenvalue weighted by Gasteiger charge is 2.32. The summed E-state index contributed by atoms with van der Waals surface area (Å²) < 4.78 is 87.6. The molecule has 0 saturated carbocycles. The number of pyridine rings is 2. The molecule has 10 heterocycles. The monoisotopic (exact) mass is 1140 g/mol. The minimum atomic E-state index is -1.32. The maximum atomic E-state index is 14.6. The molecule has 0 N–H and O–H groups in total. The van der Waals surface area contributed by atoms with Gasteiger partial charge in [0.2, 0.25) is 5.28 Å². The lowest BCUT2D eigenvalue weighted by atomic mass is 10.00. The van der Waals surface area contributed by atoms with E-state index in [1.165, 1.54) is 52.0 Å². The van der Waals surface area contributed by atoms with Crippen molar-refractivity contribution < 1.29 is 36.5 Å². The lowest BCUT2D eigenvalue weighted by Gasteiger charge is -2.26. The number of ether oxygens (including phenoxy) is 4. The minimum absolute atomic E-state index is 0.0373. The largest absolute Gasteiger partial charge is 0.490 e. The fourth-order valence-electron chi connectivity index (χ4n) is 9.38. The average molecular weight is 1140 g/mol. The van der Waals surface area contributed by atoms with Gasteiger partial charge >= 0.3 is 11.4 Å². The molecule has 2 aromatic carbocycles. The van der Waals surface area contributed by atoms with E-state index in [0.29, 0.717) is 77.5 Å². The molecule has 0 aliphatic carbocycles. The van der Waals surface area contributed by atoms with Crippen LogP contribution in [-0.2, 0) is 22.9 Å². The van der Waals surface area contributed by atoms with E-state index >= 15 is 0 Å². The van der Waals surface area contributed by atoms with Crippen molar-refractivity contribution in [1.29, 1.82) is 0 Å². The van der Waals surface area contributed by atoms with Crippen molar-refractivity contribution in [3.63, 3.8) is 0 Å². The zero-order chi connectivity index (χ0) is 55.8. The Kier molecular flexibility index (Phi) is 15.7. The number of nitrogens with zero attached hydrogens (tertiary/aromatic N) is 12. The van der Waals surface area contributed by atoms with Gasteiger partial charge in [0.25, 0.3) is 0 Å². The van der Waals surface area contributed by atoms with Crippen molar-refractivity contribution in [1.82, 2.24) is 57.0 Å². The SMILES string of the molecule is C[Si](C)(C)CCOCn1c(=O)n(C2CCOc3c(F)cccc32)c2nc(-c3cnc4ccc(F)cn34)ncc21.C[Si](C)(C)CCOCn1c(=O)n(C2CCOc3c(F)cccc32)c2nc(Cl)ncc21.Fc1ccc2nccn2c1. The third-order valence-corrected chi connectivity index (χ3v) is 17.1. The Bertz CT molecular complexity index is 3980. The molecule has 10 aromatic rings. The highest BCUT2D eigenvalue weighted by molar-refractivity contribution is 6.76. The maximum absolute atomic E-state index is 14.6. The third kappa shape index (κ3) is 11.8. The fourth-order valence-corrected chi connectivity index (χ4v) is 11.0.